The molecule has 0 saturated carbocycles. The van der Waals surface area contributed by atoms with Crippen LogP contribution in [0, 0.1) is 5.82 Å². The molecule has 1 aromatic carbocycles. The number of benzene rings is 1. The van der Waals surface area contributed by atoms with Gasteiger partial charge in [0.25, 0.3) is 11.8 Å². The first-order valence-electron chi connectivity index (χ1n) is 10.7. The molecule has 0 unspecified atom stereocenters. The molecule has 2 amide bonds. The van der Waals surface area contributed by atoms with Crippen LogP contribution in [0.2, 0.25) is 5.02 Å². The van der Waals surface area contributed by atoms with E-state index in [4.69, 9.17) is 11.6 Å². The maximum atomic E-state index is 13.5. The van der Waals surface area contributed by atoms with E-state index in [0.717, 1.165) is 13.1 Å². The number of halogens is 2. The Hall–Kier alpha value is -3.76. The highest BCUT2D eigenvalue weighted by Crippen LogP contribution is 2.37. The van der Waals surface area contributed by atoms with Gasteiger partial charge < -0.3 is 25.4 Å². The van der Waals surface area contributed by atoms with E-state index in [1.807, 2.05) is 11.9 Å². The Balaban J connectivity index is 1.43. The minimum atomic E-state index is -0.536. The van der Waals surface area contributed by atoms with Gasteiger partial charge in [-0.1, -0.05) is 11.6 Å². The summed E-state index contributed by atoms with van der Waals surface area (Å²) in [5.41, 5.74) is 2.35. The van der Waals surface area contributed by atoms with Crippen LogP contribution in [0.1, 0.15) is 21.7 Å². The predicted octanol–water partition coefficient (Wildman–Crippen LogP) is 3.22. The first-order valence-corrected chi connectivity index (χ1v) is 11.0. The van der Waals surface area contributed by atoms with Crippen molar-refractivity contribution in [1.82, 2.24) is 24.8 Å². The number of hydrogen-bond donors (Lipinski definition) is 3. The molecule has 4 heterocycles. The van der Waals surface area contributed by atoms with E-state index in [-0.39, 0.29) is 16.8 Å². The van der Waals surface area contributed by atoms with Crippen molar-refractivity contribution in [2.75, 3.05) is 43.9 Å². The van der Waals surface area contributed by atoms with E-state index in [2.05, 4.69) is 30.5 Å². The molecule has 3 aromatic rings. The fourth-order valence-corrected chi connectivity index (χ4v) is 4.10. The summed E-state index contributed by atoms with van der Waals surface area (Å²) in [7, 11) is 2.03. The third kappa shape index (κ3) is 4.25. The number of nitrogens with one attached hydrogen (secondary N) is 3. The number of aromatic nitrogens is 3. The van der Waals surface area contributed by atoms with Gasteiger partial charge in [-0.3, -0.25) is 9.59 Å². The lowest BCUT2D eigenvalue weighted by Gasteiger charge is -2.32. The molecule has 9 nitrogen and oxygen atoms in total. The highest BCUT2D eigenvalue weighted by Gasteiger charge is 2.30. The van der Waals surface area contributed by atoms with Gasteiger partial charge in [-0.05, 0) is 43.5 Å². The van der Waals surface area contributed by atoms with Gasteiger partial charge in [0.05, 0.1) is 16.2 Å². The Morgan fingerprint density at radius 3 is 2.74 bits per heavy atom. The van der Waals surface area contributed by atoms with E-state index in [1.165, 1.54) is 24.5 Å². The number of amides is 2. The van der Waals surface area contributed by atoms with Crippen LogP contribution in [0.4, 0.5) is 21.7 Å². The average molecular weight is 482 g/mol. The average Bonchev–Trinajstić information content (AvgIpc) is 3.41. The number of carbonyl (C=O) groups is 2. The molecular formula is C23H21ClFN7O2. The number of fused-ring (bicyclic) bond motifs is 1. The van der Waals surface area contributed by atoms with E-state index in [0.29, 0.717) is 52.9 Å². The van der Waals surface area contributed by atoms with Crippen molar-refractivity contribution in [2.45, 2.75) is 0 Å². The Bertz CT molecular complexity index is 1310. The number of anilines is 3. The summed E-state index contributed by atoms with van der Waals surface area (Å²) in [6.45, 7) is 2.99. The maximum Gasteiger partial charge on any atom is 0.270 e. The lowest BCUT2D eigenvalue weighted by molar-refractivity contribution is -0.110. The molecule has 0 bridgehead atoms. The fourth-order valence-electron chi connectivity index (χ4n) is 3.92. The zero-order chi connectivity index (χ0) is 23.8. The summed E-state index contributed by atoms with van der Waals surface area (Å²) >= 11 is 5.88. The topological polar surface area (TPSA) is 106 Å². The monoisotopic (exact) mass is 481 g/mol. The summed E-state index contributed by atoms with van der Waals surface area (Å²) < 4.78 is 13.5. The number of nitrogens with zero attached hydrogens (tertiary/aromatic N) is 4. The Kier molecular flexibility index (Phi) is 5.76. The molecule has 11 heteroatoms. The van der Waals surface area contributed by atoms with Gasteiger partial charge in [-0.15, -0.1) is 0 Å². The smallest absolute Gasteiger partial charge is 0.270 e. The van der Waals surface area contributed by atoms with Crippen LogP contribution in [0.25, 0.3) is 11.6 Å². The molecule has 174 valence electrons. The van der Waals surface area contributed by atoms with E-state index < -0.39 is 5.82 Å². The van der Waals surface area contributed by atoms with Crippen molar-refractivity contribution < 1.29 is 14.0 Å². The van der Waals surface area contributed by atoms with E-state index in [9.17, 15) is 14.0 Å². The second kappa shape index (κ2) is 8.88. The Morgan fingerprint density at radius 1 is 1.18 bits per heavy atom. The molecule has 0 radical (unpaired) electrons. The molecule has 2 aliphatic rings. The van der Waals surface area contributed by atoms with Crippen molar-refractivity contribution in [3.8, 4) is 0 Å². The largest absolute Gasteiger partial charge is 0.351 e. The number of aromatic amines is 1. The van der Waals surface area contributed by atoms with Gasteiger partial charge >= 0.3 is 0 Å². The summed E-state index contributed by atoms with van der Waals surface area (Å²) in [4.78, 5) is 41.1. The summed E-state index contributed by atoms with van der Waals surface area (Å²) in [6, 6.07) is 7.65. The highest BCUT2D eigenvalue weighted by atomic mass is 35.5. The lowest BCUT2D eigenvalue weighted by atomic mass is 10.1. The number of likely N-dealkylation sites (N-methyl/N-ethyl adjacent to an activating group) is 1. The number of carbonyl (C=O) groups excluding carboxylic acids is 2. The summed E-state index contributed by atoms with van der Waals surface area (Å²) in [5.74, 6) is -0.254. The van der Waals surface area contributed by atoms with Crippen LogP contribution in [0.3, 0.4) is 0 Å². The fraction of sp³-hybridized carbons (Fsp3) is 0.217. The van der Waals surface area contributed by atoms with E-state index in [1.54, 1.807) is 18.2 Å². The zero-order valence-corrected chi connectivity index (χ0v) is 19.0. The van der Waals surface area contributed by atoms with Crippen molar-refractivity contribution >= 4 is 52.4 Å². The van der Waals surface area contributed by atoms with Crippen molar-refractivity contribution in [3.05, 3.63) is 64.5 Å². The molecule has 1 fully saturated rings. The van der Waals surface area contributed by atoms with Gasteiger partial charge in [-0.2, -0.15) is 0 Å². The molecule has 0 aliphatic carbocycles. The molecule has 2 aliphatic heterocycles. The minimum Gasteiger partial charge on any atom is -0.351 e. The molecule has 3 N–H and O–H groups in total. The molecule has 1 saturated heterocycles. The zero-order valence-electron chi connectivity index (χ0n) is 18.2. The molecule has 0 spiro atoms. The van der Waals surface area contributed by atoms with Gasteiger partial charge in [0.2, 0.25) is 0 Å². The molecule has 2 aromatic heterocycles. The Morgan fingerprint density at radius 2 is 1.97 bits per heavy atom. The predicted molar refractivity (Wildman–Crippen MR) is 127 cm³/mol. The van der Waals surface area contributed by atoms with Crippen molar-refractivity contribution in [3.63, 3.8) is 0 Å². The normalized spacial score (nSPS) is 17.1. The first kappa shape index (κ1) is 22.1. The van der Waals surface area contributed by atoms with Crippen LogP contribution in [-0.4, -0.2) is 69.8 Å². The van der Waals surface area contributed by atoms with Crippen molar-refractivity contribution in [1.29, 1.82) is 0 Å². The van der Waals surface area contributed by atoms with E-state index >= 15 is 0 Å². The van der Waals surface area contributed by atoms with Gasteiger partial charge in [-0.25, -0.2) is 14.4 Å². The third-order valence-electron chi connectivity index (χ3n) is 5.80. The highest BCUT2D eigenvalue weighted by molar-refractivity contribution is 6.35. The number of piperazine rings is 1. The van der Waals surface area contributed by atoms with Crippen molar-refractivity contribution in [2.24, 2.45) is 0 Å². The number of H-pyrrole nitrogens is 1. The SMILES string of the molecule is CN1CCN(C(=O)c2ccc(/C=C3\C(=O)Nc4ncnc(Nc5ccc(F)c(Cl)c5)c43)[nH]2)CC1. The molecule has 34 heavy (non-hydrogen) atoms. The number of hydrogen-bond acceptors (Lipinski definition) is 6. The Labute approximate surface area is 199 Å². The van der Waals surface area contributed by atoms with Gasteiger partial charge in [0.1, 0.15) is 29.5 Å². The summed E-state index contributed by atoms with van der Waals surface area (Å²) in [5, 5.41) is 5.75. The number of rotatable bonds is 4. The van der Waals surface area contributed by atoms with Gasteiger partial charge in [0.15, 0.2) is 0 Å². The first-order chi connectivity index (χ1) is 16.4. The molecule has 0 atom stereocenters. The maximum absolute atomic E-state index is 13.5. The quantitative estimate of drug-likeness (QED) is 0.494. The minimum absolute atomic E-state index is 0.0374. The second-order valence-electron chi connectivity index (χ2n) is 8.13. The van der Waals surface area contributed by atoms with Gasteiger partial charge in [0, 0.05) is 37.6 Å². The lowest BCUT2D eigenvalue weighted by Crippen LogP contribution is -2.47. The van der Waals surface area contributed by atoms with Crippen LogP contribution in [0.5, 0.6) is 0 Å². The van der Waals surface area contributed by atoms with Crippen LogP contribution in [0.15, 0.2) is 36.7 Å². The molecular weight excluding hydrogens is 461 g/mol. The van der Waals surface area contributed by atoms with Crippen LogP contribution >= 0.6 is 11.6 Å². The molecule has 5 rings (SSSR count). The summed E-state index contributed by atoms with van der Waals surface area (Å²) in [6.07, 6.45) is 2.96. The van der Waals surface area contributed by atoms with Crippen LogP contribution in [-0.2, 0) is 4.79 Å². The van der Waals surface area contributed by atoms with Crippen LogP contribution < -0.4 is 10.6 Å². The second-order valence-corrected chi connectivity index (χ2v) is 8.54. The third-order valence-corrected chi connectivity index (χ3v) is 6.09. The standard InChI is InChI=1S/C23H21ClFN7O2/c1-31-6-8-32(9-7-31)23(34)18-5-3-13(28-18)10-15-19-20(26-12-27-21(19)30-22(15)33)29-14-2-4-17(25)16(24)11-14/h2-5,10-12,28H,6-9H2,1H3,(H2,26,27,29,30,33)/b15-10-.